The standard InChI is InChI=1S/C11H15N3O3/c1-2-3-6-13-14-10(15)8-12-11(16)9-5-4-7-17-9/h4-7H,2-3,8H2,1H3,(H,12,16)(H,14,15)/b13-6-. The van der Waals surface area contributed by atoms with Crippen LogP contribution in [0.5, 0.6) is 0 Å². The molecule has 0 aliphatic carbocycles. The summed E-state index contributed by atoms with van der Waals surface area (Å²) in [7, 11) is 0. The molecule has 1 heterocycles. The van der Waals surface area contributed by atoms with Gasteiger partial charge in [0.25, 0.3) is 11.8 Å². The van der Waals surface area contributed by atoms with Crippen LogP contribution in [0.25, 0.3) is 0 Å². The molecule has 1 aromatic heterocycles. The van der Waals surface area contributed by atoms with Crippen LogP contribution in [-0.4, -0.2) is 24.6 Å². The molecule has 17 heavy (non-hydrogen) atoms. The van der Waals surface area contributed by atoms with Gasteiger partial charge in [-0.2, -0.15) is 5.10 Å². The molecule has 1 rings (SSSR count). The van der Waals surface area contributed by atoms with E-state index in [0.717, 1.165) is 12.8 Å². The molecule has 6 heteroatoms. The quantitative estimate of drug-likeness (QED) is 0.569. The van der Waals surface area contributed by atoms with E-state index in [1.807, 2.05) is 6.92 Å². The predicted octanol–water partition coefficient (Wildman–Crippen LogP) is 0.911. The van der Waals surface area contributed by atoms with Crippen LogP contribution in [0.3, 0.4) is 0 Å². The van der Waals surface area contributed by atoms with E-state index >= 15 is 0 Å². The van der Waals surface area contributed by atoms with Crippen molar-refractivity contribution in [3.63, 3.8) is 0 Å². The van der Waals surface area contributed by atoms with E-state index in [4.69, 9.17) is 4.42 Å². The molecule has 0 spiro atoms. The summed E-state index contributed by atoms with van der Waals surface area (Å²) in [6, 6.07) is 3.12. The number of furan rings is 1. The van der Waals surface area contributed by atoms with Crippen LogP contribution in [0.2, 0.25) is 0 Å². The van der Waals surface area contributed by atoms with E-state index in [0.29, 0.717) is 0 Å². The average molecular weight is 237 g/mol. The summed E-state index contributed by atoms with van der Waals surface area (Å²) in [4.78, 5) is 22.6. The summed E-state index contributed by atoms with van der Waals surface area (Å²) in [5.74, 6) is -0.632. The molecule has 0 atom stereocenters. The summed E-state index contributed by atoms with van der Waals surface area (Å²) in [6.45, 7) is 1.88. The van der Waals surface area contributed by atoms with E-state index < -0.39 is 5.91 Å². The first-order valence-electron chi connectivity index (χ1n) is 5.36. The van der Waals surface area contributed by atoms with E-state index in [2.05, 4.69) is 15.8 Å². The van der Waals surface area contributed by atoms with Gasteiger partial charge in [0.1, 0.15) is 0 Å². The number of nitrogens with zero attached hydrogens (tertiary/aromatic N) is 1. The maximum absolute atomic E-state index is 11.4. The predicted molar refractivity (Wildman–Crippen MR) is 62.6 cm³/mol. The highest BCUT2D eigenvalue weighted by Crippen LogP contribution is 1.98. The zero-order valence-electron chi connectivity index (χ0n) is 9.60. The van der Waals surface area contributed by atoms with Gasteiger partial charge >= 0.3 is 0 Å². The van der Waals surface area contributed by atoms with E-state index in [1.165, 1.54) is 12.3 Å². The molecule has 0 aromatic carbocycles. The van der Waals surface area contributed by atoms with Crippen LogP contribution in [0.15, 0.2) is 27.9 Å². The molecule has 0 saturated heterocycles. The number of carbonyl (C=O) groups excluding carboxylic acids is 2. The summed E-state index contributed by atoms with van der Waals surface area (Å²) in [5, 5.41) is 6.11. The molecule has 92 valence electrons. The number of unbranched alkanes of at least 4 members (excludes halogenated alkanes) is 1. The van der Waals surface area contributed by atoms with Gasteiger partial charge in [0.2, 0.25) is 0 Å². The molecule has 0 radical (unpaired) electrons. The molecule has 6 nitrogen and oxygen atoms in total. The number of carbonyl (C=O) groups is 2. The van der Waals surface area contributed by atoms with Gasteiger partial charge in [-0.05, 0) is 18.6 Å². The Balaban J connectivity index is 2.22. The van der Waals surface area contributed by atoms with Gasteiger partial charge in [-0.15, -0.1) is 0 Å². The lowest BCUT2D eigenvalue weighted by atomic mass is 10.4. The number of rotatable bonds is 6. The van der Waals surface area contributed by atoms with Crippen molar-refractivity contribution in [3.8, 4) is 0 Å². The average Bonchev–Trinajstić information content (AvgIpc) is 2.85. The molecule has 1 aromatic rings. The van der Waals surface area contributed by atoms with Crippen LogP contribution in [-0.2, 0) is 4.79 Å². The summed E-state index contributed by atoms with van der Waals surface area (Å²) in [6.07, 6.45) is 4.78. The third kappa shape index (κ3) is 4.96. The molecule has 0 saturated carbocycles. The summed E-state index contributed by atoms with van der Waals surface area (Å²) >= 11 is 0. The number of hydrogen-bond donors (Lipinski definition) is 2. The fraction of sp³-hybridized carbons (Fsp3) is 0.364. The summed E-state index contributed by atoms with van der Waals surface area (Å²) in [5.41, 5.74) is 2.30. The van der Waals surface area contributed by atoms with Crippen LogP contribution in [0.1, 0.15) is 30.3 Å². The van der Waals surface area contributed by atoms with Crippen LogP contribution < -0.4 is 10.7 Å². The monoisotopic (exact) mass is 237 g/mol. The fourth-order valence-corrected chi connectivity index (χ4v) is 1.01. The highest BCUT2D eigenvalue weighted by Gasteiger charge is 2.09. The largest absolute Gasteiger partial charge is 0.459 e. The lowest BCUT2D eigenvalue weighted by molar-refractivity contribution is -0.120. The second-order valence-corrected chi connectivity index (χ2v) is 3.30. The van der Waals surface area contributed by atoms with Crippen LogP contribution in [0, 0.1) is 0 Å². The zero-order chi connectivity index (χ0) is 12.5. The SMILES string of the molecule is CCC/C=N\NC(=O)CNC(=O)c1ccco1. The number of hydrazone groups is 1. The maximum atomic E-state index is 11.4. The van der Waals surface area contributed by atoms with Gasteiger partial charge in [-0.25, -0.2) is 5.43 Å². The van der Waals surface area contributed by atoms with Gasteiger partial charge in [-0.1, -0.05) is 13.3 Å². The minimum Gasteiger partial charge on any atom is -0.459 e. The van der Waals surface area contributed by atoms with Gasteiger partial charge in [0.05, 0.1) is 12.8 Å². The van der Waals surface area contributed by atoms with E-state index in [1.54, 1.807) is 12.3 Å². The zero-order valence-corrected chi connectivity index (χ0v) is 9.60. The Kier molecular flexibility index (Phi) is 5.50. The van der Waals surface area contributed by atoms with Crippen LogP contribution >= 0.6 is 0 Å². The second-order valence-electron chi connectivity index (χ2n) is 3.30. The van der Waals surface area contributed by atoms with Gasteiger partial charge in [0, 0.05) is 6.21 Å². The highest BCUT2D eigenvalue weighted by atomic mass is 16.3. The van der Waals surface area contributed by atoms with Crippen molar-refractivity contribution in [1.29, 1.82) is 0 Å². The fourth-order valence-electron chi connectivity index (χ4n) is 1.01. The molecular weight excluding hydrogens is 222 g/mol. The second kappa shape index (κ2) is 7.21. The van der Waals surface area contributed by atoms with Crippen LogP contribution in [0.4, 0.5) is 0 Å². The van der Waals surface area contributed by atoms with Crippen molar-refractivity contribution in [2.75, 3.05) is 6.54 Å². The lowest BCUT2D eigenvalue weighted by Crippen LogP contribution is -2.34. The topological polar surface area (TPSA) is 83.7 Å². The third-order valence-corrected chi connectivity index (χ3v) is 1.85. The Labute approximate surface area is 99.1 Å². The Morgan fingerprint density at radius 2 is 2.35 bits per heavy atom. The van der Waals surface area contributed by atoms with Crippen molar-refractivity contribution in [1.82, 2.24) is 10.7 Å². The smallest absolute Gasteiger partial charge is 0.287 e. The van der Waals surface area contributed by atoms with E-state index in [-0.39, 0.29) is 18.2 Å². The lowest BCUT2D eigenvalue weighted by Gasteiger charge is -2.01. The first-order chi connectivity index (χ1) is 8.24. The third-order valence-electron chi connectivity index (χ3n) is 1.85. The van der Waals surface area contributed by atoms with Crippen molar-refractivity contribution in [3.05, 3.63) is 24.2 Å². The Morgan fingerprint density at radius 3 is 3.00 bits per heavy atom. The number of amides is 2. The van der Waals surface area contributed by atoms with Crippen molar-refractivity contribution in [2.45, 2.75) is 19.8 Å². The summed E-state index contributed by atoms with van der Waals surface area (Å²) < 4.78 is 4.87. The molecule has 0 fully saturated rings. The normalized spacial score (nSPS) is 10.4. The first kappa shape index (κ1) is 13.0. The molecule has 0 aliphatic rings. The van der Waals surface area contributed by atoms with E-state index in [9.17, 15) is 9.59 Å². The van der Waals surface area contributed by atoms with Crippen molar-refractivity contribution >= 4 is 18.0 Å². The molecule has 2 N–H and O–H groups in total. The molecule has 0 unspecified atom stereocenters. The van der Waals surface area contributed by atoms with Gasteiger partial charge in [-0.3, -0.25) is 9.59 Å². The Bertz CT molecular complexity index is 385. The molecular formula is C11H15N3O3. The van der Waals surface area contributed by atoms with Gasteiger partial charge in [0.15, 0.2) is 5.76 Å². The van der Waals surface area contributed by atoms with Crippen molar-refractivity contribution in [2.24, 2.45) is 5.10 Å². The first-order valence-corrected chi connectivity index (χ1v) is 5.36. The molecule has 2 amide bonds. The number of hydrogen-bond acceptors (Lipinski definition) is 4. The Morgan fingerprint density at radius 1 is 1.53 bits per heavy atom. The van der Waals surface area contributed by atoms with Crippen molar-refractivity contribution < 1.29 is 14.0 Å². The van der Waals surface area contributed by atoms with Gasteiger partial charge < -0.3 is 9.73 Å². The molecule has 0 aliphatic heterocycles. The minimum atomic E-state index is -0.428. The maximum Gasteiger partial charge on any atom is 0.287 e. The molecule has 0 bridgehead atoms. The minimum absolute atomic E-state index is 0.136. The highest BCUT2D eigenvalue weighted by molar-refractivity contribution is 5.94. The number of nitrogens with one attached hydrogen (secondary N) is 2. The Hall–Kier alpha value is -2.11.